The quantitative estimate of drug-likeness (QED) is 0.372. The van der Waals surface area contributed by atoms with Crippen LogP contribution in [0.3, 0.4) is 0 Å². The maximum absolute atomic E-state index is 13.8. The summed E-state index contributed by atoms with van der Waals surface area (Å²) in [5, 5.41) is 15.5. The van der Waals surface area contributed by atoms with Gasteiger partial charge in [0, 0.05) is 55.1 Å². The summed E-state index contributed by atoms with van der Waals surface area (Å²) in [5.74, 6) is -1.62. The van der Waals surface area contributed by atoms with Gasteiger partial charge in [0.2, 0.25) is 17.7 Å². The Bertz CT molecular complexity index is 980. The summed E-state index contributed by atoms with van der Waals surface area (Å²) >= 11 is 5.40. The normalized spacial score (nSPS) is 33.6. The molecule has 1 aromatic rings. The number of halogens is 1. The van der Waals surface area contributed by atoms with Crippen molar-refractivity contribution in [3.05, 3.63) is 30.3 Å². The number of nitrogens with zero attached hydrogens (tertiary/aromatic N) is 2. The summed E-state index contributed by atoms with van der Waals surface area (Å²) < 4.78 is 4.72. The molecule has 4 aliphatic heterocycles. The highest BCUT2D eigenvalue weighted by molar-refractivity contribution is 9.09. The first-order valence-electron chi connectivity index (χ1n) is 12.6. The Morgan fingerprint density at radius 2 is 1.92 bits per heavy atom. The minimum absolute atomic E-state index is 0.0273. The molecule has 36 heavy (non-hydrogen) atoms. The molecular weight excluding hydrogens is 548 g/mol. The van der Waals surface area contributed by atoms with E-state index in [1.54, 1.807) is 16.7 Å². The molecule has 6 atom stereocenters. The number of aliphatic hydroxyl groups excluding tert-OH is 1. The van der Waals surface area contributed by atoms with Crippen molar-refractivity contribution >= 4 is 51.1 Å². The van der Waals surface area contributed by atoms with Crippen LogP contribution in [0.4, 0.5) is 5.69 Å². The van der Waals surface area contributed by atoms with E-state index < -0.39 is 22.6 Å². The number of hydrogen-bond acceptors (Lipinski definition) is 7. The standard InChI is InChI=1S/C25H33BrN4O5S/c26-17-15-25-19(18(20(17)36-25)22(32)28-16-5-2-1-3-6-16)24(34)30(8-4-12-31)21(25)23(33)27-7-9-29-10-13-35-14-11-29/h1-3,5-6,17-21,31H,4,7-15H2,(H,27,33)(H,28,32)/t17?,18-,19+,20-,21?,25?/m1/s1. The average molecular weight is 582 g/mol. The molecule has 4 fully saturated rings. The Morgan fingerprint density at radius 1 is 1.17 bits per heavy atom. The first-order chi connectivity index (χ1) is 17.5. The lowest BCUT2D eigenvalue weighted by Crippen LogP contribution is -2.55. The Hall–Kier alpha value is -1.66. The number of amides is 3. The molecule has 4 saturated heterocycles. The second-order valence-corrected chi connectivity index (χ2v) is 12.6. The summed E-state index contributed by atoms with van der Waals surface area (Å²) in [7, 11) is 0. The number of hydrogen-bond donors (Lipinski definition) is 3. The summed E-state index contributed by atoms with van der Waals surface area (Å²) in [5.41, 5.74) is 0.690. The average Bonchev–Trinajstić information content (AvgIpc) is 3.47. The first-order valence-corrected chi connectivity index (χ1v) is 14.4. The highest BCUT2D eigenvalue weighted by Crippen LogP contribution is 2.67. The zero-order valence-electron chi connectivity index (χ0n) is 20.1. The SMILES string of the molecule is O=C(NCCN1CCOCC1)C1N(CCCO)C(=O)[C@@H]2[C@@H](C(=O)Nc3ccccc3)[C@@H]3SC12CC3Br. The van der Waals surface area contributed by atoms with Crippen molar-refractivity contribution in [3.63, 3.8) is 0 Å². The molecule has 5 rings (SSSR count). The van der Waals surface area contributed by atoms with E-state index in [4.69, 9.17) is 4.74 Å². The molecule has 11 heteroatoms. The van der Waals surface area contributed by atoms with Gasteiger partial charge in [0.05, 0.1) is 29.8 Å². The van der Waals surface area contributed by atoms with Crippen molar-refractivity contribution in [2.45, 2.75) is 33.7 Å². The van der Waals surface area contributed by atoms with Crippen LogP contribution in [0.15, 0.2) is 30.3 Å². The first kappa shape index (κ1) is 26.0. The Morgan fingerprint density at radius 3 is 2.64 bits per heavy atom. The van der Waals surface area contributed by atoms with Crippen LogP contribution in [-0.4, -0.2) is 106 Å². The van der Waals surface area contributed by atoms with Crippen LogP contribution < -0.4 is 10.6 Å². The van der Waals surface area contributed by atoms with Crippen molar-refractivity contribution in [2.75, 3.05) is 57.9 Å². The van der Waals surface area contributed by atoms with E-state index >= 15 is 0 Å². The van der Waals surface area contributed by atoms with Crippen LogP contribution in [0.2, 0.25) is 0 Å². The summed E-state index contributed by atoms with van der Waals surface area (Å²) in [6, 6.07) is 8.58. The Labute approximate surface area is 223 Å². The van der Waals surface area contributed by atoms with Gasteiger partial charge in [0.15, 0.2) is 0 Å². The number of carbonyl (C=O) groups is 3. The number of fused-ring (bicyclic) bond motifs is 1. The van der Waals surface area contributed by atoms with Gasteiger partial charge in [-0.2, -0.15) is 0 Å². The zero-order chi connectivity index (χ0) is 25.3. The van der Waals surface area contributed by atoms with Crippen LogP contribution in [0.25, 0.3) is 0 Å². The minimum Gasteiger partial charge on any atom is -0.396 e. The van der Waals surface area contributed by atoms with Gasteiger partial charge in [-0.3, -0.25) is 19.3 Å². The second kappa shape index (κ2) is 11.0. The van der Waals surface area contributed by atoms with Crippen LogP contribution in [0, 0.1) is 11.8 Å². The predicted octanol–water partition coefficient (Wildman–Crippen LogP) is 0.921. The number of morpholine rings is 1. The molecule has 4 aliphatic rings. The molecule has 0 radical (unpaired) electrons. The summed E-state index contributed by atoms with van der Waals surface area (Å²) in [6.07, 6.45) is 1.03. The molecule has 0 aromatic heterocycles. The maximum Gasteiger partial charge on any atom is 0.244 e. The van der Waals surface area contributed by atoms with E-state index in [1.807, 2.05) is 30.3 Å². The molecule has 1 aromatic carbocycles. The minimum atomic E-state index is -0.673. The fraction of sp³-hybridized carbons (Fsp3) is 0.640. The number of likely N-dealkylation sites (tertiary alicyclic amines) is 1. The summed E-state index contributed by atoms with van der Waals surface area (Å²) in [4.78, 5) is 44.9. The lowest BCUT2D eigenvalue weighted by Gasteiger charge is -2.35. The molecule has 4 heterocycles. The van der Waals surface area contributed by atoms with Gasteiger partial charge >= 0.3 is 0 Å². The number of benzene rings is 1. The van der Waals surface area contributed by atoms with Gasteiger partial charge in [-0.15, -0.1) is 11.8 Å². The monoisotopic (exact) mass is 580 g/mol. The second-order valence-electron chi connectivity index (χ2n) is 9.87. The Kier molecular flexibility index (Phi) is 7.92. The van der Waals surface area contributed by atoms with Crippen LogP contribution in [0.5, 0.6) is 0 Å². The molecular formula is C25H33BrN4O5S. The molecule has 3 N–H and O–H groups in total. The third-order valence-corrected chi connectivity index (χ3v) is 11.0. The van der Waals surface area contributed by atoms with E-state index in [2.05, 4.69) is 31.5 Å². The van der Waals surface area contributed by atoms with Gasteiger partial charge in [-0.05, 0) is 25.0 Å². The van der Waals surface area contributed by atoms with Crippen molar-refractivity contribution < 1.29 is 24.2 Å². The number of thioether (sulfide) groups is 1. The molecule has 196 valence electrons. The number of nitrogens with one attached hydrogen (secondary N) is 2. The molecule has 0 aliphatic carbocycles. The van der Waals surface area contributed by atoms with Crippen LogP contribution >= 0.6 is 27.7 Å². The fourth-order valence-electron chi connectivity index (χ4n) is 6.22. The number of rotatable bonds is 9. The van der Waals surface area contributed by atoms with Crippen LogP contribution in [0.1, 0.15) is 12.8 Å². The lowest BCUT2D eigenvalue weighted by atomic mass is 9.70. The van der Waals surface area contributed by atoms with Crippen molar-refractivity contribution in [1.82, 2.24) is 15.1 Å². The third kappa shape index (κ3) is 4.69. The molecule has 1 spiro atoms. The molecule has 3 amide bonds. The zero-order valence-corrected chi connectivity index (χ0v) is 22.5. The summed E-state index contributed by atoms with van der Waals surface area (Å²) in [6.45, 7) is 4.51. The largest absolute Gasteiger partial charge is 0.396 e. The number of aliphatic hydroxyl groups is 1. The molecule has 2 bridgehead atoms. The van der Waals surface area contributed by atoms with Crippen LogP contribution in [-0.2, 0) is 19.1 Å². The molecule has 0 saturated carbocycles. The number of ether oxygens (including phenoxy) is 1. The van der Waals surface area contributed by atoms with Gasteiger partial charge in [-0.25, -0.2) is 0 Å². The van der Waals surface area contributed by atoms with E-state index in [-0.39, 0.29) is 34.4 Å². The van der Waals surface area contributed by atoms with E-state index in [0.29, 0.717) is 44.8 Å². The van der Waals surface area contributed by atoms with Crippen molar-refractivity contribution in [2.24, 2.45) is 11.8 Å². The van der Waals surface area contributed by atoms with Crippen molar-refractivity contribution in [3.8, 4) is 0 Å². The highest BCUT2D eigenvalue weighted by Gasteiger charge is 2.75. The van der Waals surface area contributed by atoms with Gasteiger partial charge in [-0.1, -0.05) is 34.1 Å². The van der Waals surface area contributed by atoms with Gasteiger partial charge in [0.25, 0.3) is 0 Å². The van der Waals surface area contributed by atoms with Gasteiger partial charge < -0.3 is 25.4 Å². The van der Waals surface area contributed by atoms with Crippen molar-refractivity contribution in [1.29, 1.82) is 0 Å². The maximum atomic E-state index is 13.8. The topological polar surface area (TPSA) is 111 Å². The molecule has 3 unspecified atom stereocenters. The number of carbonyl (C=O) groups excluding carboxylic acids is 3. The lowest BCUT2D eigenvalue weighted by molar-refractivity contribution is -0.139. The number of para-hydroxylation sites is 1. The third-order valence-electron chi connectivity index (χ3n) is 7.77. The number of alkyl halides is 1. The predicted molar refractivity (Wildman–Crippen MR) is 141 cm³/mol. The highest BCUT2D eigenvalue weighted by atomic mass is 79.9. The number of anilines is 1. The van der Waals surface area contributed by atoms with Gasteiger partial charge in [0.1, 0.15) is 6.04 Å². The Balaban J connectivity index is 1.37. The van der Waals surface area contributed by atoms with E-state index in [0.717, 1.165) is 19.6 Å². The van der Waals surface area contributed by atoms with E-state index in [9.17, 15) is 19.5 Å². The molecule has 9 nitrogen and oxygen atoms in total. The van der Waals surface area contributed by atoms with E-state index in [1.165, 1.54) is 0 Å². The smallest absolute Gasteiger partial charge is 0.244 e. The fourth-order valence-corrected chi connectivity index (χ4v) is 9.83.